The number of aryl methyl sites for hydroxylation is 1. The molecule has 43 heavy (non-hydrogen) atoms. The van der Waals surface area contributed by atoms with Crippen molar-refractivity contribution in [2.24, 2.45) is 11.3 Å². The molecule has 2 fully saturated rings. The average molecular weight is 595 g/mol. The van der Waals surface area contributed by atoms with Crippen LogP contribution in [0.5, 0.6) is 0 Å². The lowest BCUT2D eigenvalue weighted by Gasteiger charge is -2.28. The molecule has 0 saturated carbocycles. The van der Waals surface area contributed by atoms with Crippen molar-refractivity contribution in [2.75, 3.05) is 31.6 Å². The van der Waals surface area contributed by atoms with E-state index < -0.39 is 18.2 Å². The Kier molecular flexibility index (Phi) is 13.4. The third kappa shape index (κ3) is 12.0. The van der Waals surface area contributed by atoms with Crippen LogP contribution in [0.25, 0.3) is 0 Å². The van der Waals surface area contributed by atoms with Gasteiger partial charge in [-0.3, -0.25) is 4.79 Å². The van der Waals surface area contributed by atoms with Crippen LogP contribution < -0.4 is 16.0 Å². The van der Waals surface area contributed by atoms with Crippen LogP contribution in [-0.2, 0) is 25.4 Å². The van der Waals surface area contributed by atoms with Crippen LogP contribution in [0, 0.1) is 29.6 Å². The molecule has 5 atom stereocenters. The summed E-state index contributed by atoms with van der Waals surface area (Å²) in [7, 11) is 0. The van der Waals surface area contributed by atoms with Crippen molar-refractivity contribution in [3.8, 4) is 6.07 Å². The van der Waals surface area contributed by atoms with Crippen molar-refractivity contribution in [2.45, 2.75) is 77.9 Å². The van der Waals surface area contributed by atoms with Crippen LogP contribution in [0.2, 0.25) is 0 Å². The third-order valence-electron chi connectivity index (χ3n) is 7.52. The highest BCUT2D eigenvalue weighted by Crippen LogP contribution is 2.33. The Labute approximate surface area is 255 Å². The highest BCUT2D eigenvalue weighted by Gasteiger charge is 2.44. The van der Waals surface area contributed by atoms with E-state index in [1.807, 2.05) is 61.5 Å². The van der Waals surface area contributed by atoms with Crippen LogP contribution in [0.4, 0.5) is 10.5 Å². The van der Waals surface area contributed by atoms with Gasteiger partial charge in [-0.25, -0.2) is 4.79 Å². The molecule has 0 bridgehead atoms. The first-order valence-corrected chi connectivity index (χ1v) is 14.9. The van der Waals surface area contributed by atoms with Crippen molar-refractivity contribution in [1.82, 2.24) is 10.6 Å². The quantitative estimate of drug-likeness (QED) is 0.285. The van der Waals surface area contributed by atoms with Gasteiger partial charge in [0, 0.05) is 32.1 Å². The number of alkyl carbamates (subject to hydrolysis) is 1. The SMILES string of the molecule is CC(=O)Nc1cccc(C)c1.CC(C)(CCC#N)CNCC(O)C(Cc1ccccc1)NC(=O)OC1COC2OCCC12. The number of amides is 2. The molecule has 10 nitrogen and oxygen atoms in total. The molecule has 2 heterocycles. The summed E-state index contributed by atoms with van der Waals surface area (Å²) < 4.78 is 16.7. The summed E-state index contributed by atoms with van der Waals surface area (Å²) >= 11 is 0. The van der Waals surface area contributed by atoms with E-state index in [2.05, 4.69) is 35.9 Å². The molecule has 2 aliphatic heterocycles. The summed E-state index contributed by atoms with van der Waals surface area (Å²) in [5.74, 6) is 0.0335. The van der Waals surface area contributed by atoms with E-state index in [9.17, 15) is 14.7 Å². The normalized spacial score (nSPS) is 20.5. The number of aliphatic hydroxyl groups excluding tert-OH is 1. The van der Waals surface area contributed by atoms with Gasteiger partial charge in [0.25, 0.3) is 0 Å². The number of rotatable bonds is 12. The number of nitrogens with one attached hydrogen (secondary N) is 3. The second-order valence-corrected chi connectivity index (χ2v) is 12.0. The first-order chi connectivity index (χ1) is 20.6. The summed E-state index contributed by atoms with van der Waals surface area (Å²) in [6.45, 7) is 9.59. The number of fused-ring (bicyclic) bond motifs is 1. The largest absolute Gasteiger partial charge is 0.443 e. The Balaban J connectivity index is 0.000000386. The van der Waals surface area contributed by atoms with E-state index in [0.717, 1.165) is 29.7 Å². The van der Waals surface area contributed by atoms with E-state index in [4.69, 9.17) is 19.5 Å². The zero-order valence-corrected chi connectivity index (χ0v) is 25.7. The fraction of sp³-hybridized carbons (Fsp3) is 0.545. The lowest BCUT2D eigenvalue weighted by atomic mass is 9.88. The molecular weight excluding hydrogens is 548 g/mol. The molecule has 2 amide bonds. The van der Waals surface area contributed by atoms with Gasteiger partial charge in [0.05, 0.1) is 37.3 Å². The number of aliphatic hydroxyl groups is 1. The minimum absolute atomic E-state index is 0.0319. The van der Waals surface area contributed by atoms with E-state index in [0.29, 0.717) is 39.1 Å². The molecule has 0 spiro atoms. The number of nitrogens with zero attached hydrogens (tertiary/aromatic N) is 1. The Hall–Kier alpha value is -3.49. The van der Waals surface area contributed by atoms with Crippen molar-refractivity contribution >= 4 is 17.7 Å². The smallest absolute Gasteiger partial charge is 0.407 e. The monoisotopic (exact) mass is 594 g/mol. The van der Waals surface area contributed by atoms with Gasteiger partial charge in [0.2, 0.25) is 5.91 Å². The summed E-state index contributed by atoms with van der Waals surface area (Å²) in [6.07, 6.45) is 0.580. The van der Waals surface area contributed by atoms with Gasteiger partial charge in [-0.1, -0.05) is 56.3 Å². The van der Waals surface area contributed by atoms with Crippen molar-refractivity contribution < 1.29 is 28.9 Å². The zero-order valence-electron chi connectivity index (χ0n) is 25.7. The number of ether oxygens (including phenoxy) is 3. The predicted molar refractivity (Wildman–Crippen MR) is 164 cm³/mol. The van der Waals surface area contributed by atoms with Gasteiger partial charge in [0.15, 0.2) is 6.29 Å². The molecule has 0 aliphatic carbocycles. The standard InChI is InChI=1S/C24H35N3O5.C9H11NO/c1-24(2,10-6-11-25)16-26-14-20(28)19(13-17-7-4-3-5-8-17)27-23(29)32-21-15-31-22-18(21)9-12-30-22;1-7-4-3-5-9(6-7)10-8(2)11/h3-5,7-8,18-22,26,28H,6,9-10,12-16H2,1-2H3,(H,27,29);3-6H,1-2H3,(H,10,11). The molecule has 2 aliphatic rings. The van der Waals surface area contributed by atoms with Crippen molar-refractivity contribution in [3.05, 3.63) is 65.7 Å². The van der Waals surface area contributed by atoms with Gasteiger partial charge < -0.3 is 35.3 Å². The van der Waals surface area contributed by atoms with Crippen LogP contribution in [0.1, 0.15) is 51.2 Å². The molecule has 2 aromatic rings. The Morgan fingerprint density at radius 2 is 1.93 bits per heavy atom. The Morgan fingerprint density at radius 1 is 1.16 bits per heavy atom. The van der Waals surface area contributed by atoms with Crippen LogP contribution in [0.15, 0.2) is 54.6 Å². The fourth-order valence-corrected chi connectivity index (χ4v) is 5.13. The first kappa shape index (κ1) is 34.0. The van der Waals surface area contributed by atoms with Crippen LogP contribution in [-0.4, -0.2) is 68.0 Å². The molecule has 2 saturated heterocycles. The molecular formula is C33H46N4O6. The second kappa shape index (κ2) is 17.0. The number of hydrogen-bond acceptors (Lipinski definition) is 8. The zero-order chi connectivity index (χ0) is 31.2. The fourth-order valence-electron chi connectivity index (χ4n) is 5.13. The Bertz CT molecular complexity index is 1200. The topological polar surface area (TPSA) is 142 Å². The van der Waals surface area contributed by atoms with Gasteiger partial charge in [-0.05, 0) is 54.9 Å². The summed E-state index contributed by atoms with van der Waals surface area (Å²) in [5, 5.41) is 28.5. The van der Waals surface area contributed by atoms with Gasteiger partial charge >= 0.3 is 6.09 Å². The van der Waals surface area contributed by atoms with Crippen molar-refractivity contribution in [3.63, 3.8) is 0 Å². The maximum Gasteiger partial charge on any atom is 0.407 e. The lowest BCUT2D eigenvalue weighted by molar-refractivity contribution is -0.114. The average Bonchev–Trinajstić information content (AvgIpc) is 3.57. The minimum Gasteiger partial charge on any atom is -0.443 e. The number of nitriles is 1. The highest BCUT2D eigenvalue weighted by atomic mass is 16.7. The van der Waals surface area contributed by atoms with Crippen molar-refractivity contribution in [1.29, 1.82) is 5.26 Å². The molecule has 2 aromatic carbocycles. The number of carbonyl (C=O) groups is 2. The van der Waals surface area contributed by atoms with Crippen LogP contribution >= 0.6 is 0 Å². The molecule has 0 aromatic heterocycles. The predicted octanol–water partition coefficient (Wildman–Crippen LogP) is 4.32. The van der Waals surface area contributed by atoms with Gasteiger partial charge in [-0.2, -0.15) is 5.26 Å². The van der Waals surface area contributed by atoms with Gasteiger partial charge in [-0.15, -0.1) is 0 Å². The second-order valence-electron chi connectivity index (χ2n) is 12.0. The molecule has 234 valence electrons. The minimum atomic E-state index is -0.808. The number of carbonyl (C=O) groups excluding carboxylic acids is 2. The highest BCUT2D eigenvalue weighted by molar-refractivity contribution is 5.88. The summed E-state index contributed by atoms with van der Waals surface area (Å²) in [4.78, 5) is 23.3. The van der Waals surface area contributed by atoms with Crippen LogP contribution in [0.3, 0.4) is 0 Å². The summed E-state index contributed by atoms with van der Waals surface area (Å²) in [5.41, 5.74) is 2.97. The molecule has 5 unspecified atom stereocenters. The maximum atomic E-state index is 12.7. The van der Waals surface area contributed by atoms with Gasteiger partial charge in [0.1, 0.15) is 6.10 Å². The number of anilines is 1. The lowest BCUT2D eigenvalue weighted by Crippen LogP contribution is -2.50. The first-order valence-electron chi connectivity index (χ1n) is 14.9. The Morgan fingerprint density at radius 3 is 2.63 bits per heavy atom. The maximum absolute atomic E-state index is 12.7. The number of benzene rings is 2. The van der Waals surface area contributed by atoms with E-state index >= 15 is 0 Å². The third-order valence-corrected chi connectivity index (χ3v) is 7.52. The molecule has 4 rings (SSSR count). The van der Waals surface area contributed by atoms with E-state index in [1.54, 1.807) is 0 Å². The van der Waals surface area contributed by atoms with E-state index in [1.165, 1.54) is 6.92 Å². The molecule has 0 radical (unpaired) electrons. The molecule has 10 heteroatoms. The van der Waals surface area contributed by atoms with E-state index in [-0.39, 0.29) is 29.6 Å². The molecule has 4 N–H and O–H groups in total. The summed E-state index contributed by atoms with van der Waals surface area (Å²) in [6, 6.07) is 19.1. The number of hydrogen-bond donors (Lipinski definition) is 4.